The molecule has 0 aliphatic heterocycles. The zero-order chi connectivity index (χ0) is 15.8. The molecule has 0 unspecified atom stereocenters. The van der Waals surface area contributed by atoms with Gasteiger partial charge in [0, 0.05) is 31.3 Å². The summed E-state index contributed by atoms with van der Waals surface area (Å²) in [7, 11) is 2.13. The number of allylic oxidation sites excluding steroid dienone is 14. The summed E-state index contributed by atoms with van der Waals surface area (Å²) >= 11 is 0. The molecule has 0 N–H and O–H groups in total. The van der Waals surface area contributed by atoms with Crippen LogP contribution in [0.25, 0.3) is 0 Å². The fourth-order valence-corrected chi connectivity index (χ4v) is 2.47. The summed E-state index contributed by atoms with van der Waals surface area (Å²) in [6.45, 7) is 7.68. The summed E-state index contributed by atoms with van der Waals surface area (Å²) in [5, 5.41) is 0. The van der Waals surface area contributed by atoms with Crippen LogP contribution in [0.2, 0.25) is 0 Å². The summed E-state index contributed by atoms with van der Waals surface area (Å²) in [5.41, 5.74) is 4.80. The zero-order valence-corrected chi connectivity index (χ0v) is 13.2. The van der Waals surface area contributed by atoms with Crippen molar-refractivity contribution in [2.24, 2.45) is 0 Å². The van der Waals surface area contributed by atoms with E-state index >= 15 is 0 Å². The third kappa shape index (κ3) is 3.98. The molecule has 0 saturated carbocycles. The van der Waals surface area contributed by atoms with Gasteiger partial charge >= 0.3 is 0 Å². The maximum absolute atomic E-state index is 3.90. The second-order valence-electron chi connectivity index (χ2n) is 5.19. The highest BCUT2D eigenvalue weighted by Gasteiger charge is 2.11. The van der Waals surface area contributed by atoms with Crippen LogP contribution in [-0.4, -0.2) is 11.9 Å². The summed E-state index contributed by atoms with van der Waals surface area (Å²) in [4.78, 5) is 2.28. The van der Waals surface area contributed by atoms with Gasteiger partial charge in [-0.2, -0.15) is 0 Å². The van der Waals surface area contributed by atoms with Crippen molar-refractivity contribution < 1.29 is 0 Å². The molecule has 1 nitrogen and oxygen atoms in total. The Balaban J connectivity index is 2.32. The molecule has 2 aliphatic carbocycles. The van der Waals surface area contributed by atoms with Gasteiger partial charge in [-0.25, -0.2) is 0 Å². The molecule has 0 aromatic heterocycles. The third-order valence-electron chi connectivity index (χ3n) is 3.75. The van der Waals surface area contributed by atoms with E-state index in [0.29, 0.717) is 0 Å². The van der Waals surface area contributed by atoms with Gasteiger partial charge in [-0.15, -0.1) is 0 Å². The highest BCUT2D eigenvalue weighted by atomic mass is 15.1. The molecule has 0 radical (unpaired) electrons. The maximum Gasteiger partial charge on any atom is 0.0217 e. The average Bonchev–Trinajstić information content (AvgIpc) is 2.94. The summed E-state index contributed by atoms with van der Waals surface area (Å²) in [6, 6.07) is 0. The Bertz CT molecular complexity index is 645. The highest BCUT2D eigenvalue weighted by molar-refractivity contribution is 5.51. The number of nitrogens with zero attached hydrogens (tertiary/aromatic N) is 1. The summed E-state index contributed by atoms with van der Waals surface area (Å²) in [6.07, 6.45) is 26.8. The second-order valence-corrected chi connectivity index (χ2v) is 5.19. The van der Waals surface area contributed by atoms with E-state index in [0.717, 1.165) is 24.0 Å². The molecule has 0 fully saturated rings. The van der Waals surface area contributed by atoms with Crippen LogP contribution in [0.3, 0.4) is 0 Å². The molecule has 0 heterocycles. The minimum absolute atomic E-state index is 0.916. The lowest BCUT2D eigenvalue weighted by Crippen LogP contribution is -2.16. The maximum atomic E-state index is 3.90. The van der Waals surface area contributed by atoms with Gasteiger partial charge in [0.15, 0.2) is 0 Å². The standard InChI is InChI=1S/C21H23N/c1-4-12-18(5-2)19-13-10-11-16-21(17-19)22(3)20-14-8-6-7-9-15-20/h4-14,17H,1-2,15-16H2,3H3/b18-12+. The van der Waals surface area contributed by atoms with E-state index in [2.05, 4.69) is 79.8 Å². The van der Waals surface area contributed by atoms with Crippen LogP contribution in [0, 0.1) is 0 Å². The van der Waals surface area contributed by atoms with Crippen LogP contribution in [0.5, 0.6) is 0 Å². The van der Waals surface area contributed by atoms with Crippen LogP contribution in [-0.2, 0) is 0 Å². The monoisotopic (exact) mass is 289 g/mol. The smallest absolute Gasteiger partial charge is 0.0217 e. The van der Waals surface area contributed by atoms with Gasteiger partial charge in [0.25, 0.3) is 0 Å². The first-order valence-electron chi connectivity index (χ1n) is 7.55. The van der Waals surface area contributed by atoms with Crippen molar-refractivity contribution in [3.63, 3.8) is 0 Å². The van der Waals surface area contributed by atoms with Gasteiger partial charge < -0.3 is 4.90 Å². The van der Waals surface area contributed by atoms with Gasteiger partial charge in [-0.05, 0) is 23.3 Å². The predicted octanol–water partition coefficient (Wildman–Crippen LogP) is 5.39. The molecular weight excluding hydrogens is 266 g/mol. The Morgan fingerprint density at radius 2 is 1.77 bits per heavy atom. The minimum Gasteiger partial charge on any atom is -0.351 e. The second kappa shape index (κ2) is 8.04. The molecule has 2 rings (SSSR count). The topological polar surface area (TPSA) is 3.24 Å². The van der Waals surface area contributed by atoms with Crippen molar-refractivity contribution in [2.75, 3.05) is 7.05 Å². The number of hydrogen-bond acceptors (Lipinski definition) is 1. The fourth-order valence-electron chi connectivity index (χ4n) is 2.47. The molecule has 0 aromatic rings. The predicted molar refractivity (Wildman–Crippen MR) is 97.1 cm³/mol. The Morgan fingerprint density at radius 3 is 2.55 bits per heavy atom. The Labute approximate surface area is 134 Å². The van der Waals surface area contributed by atoms with Crippen molar-refractivity contribution in [3.8, 4) is 0 Å². The largest absolute Gasteiger partial charge is 0.351 e. The summed E-state index contributed by atoms with van der Waals surface area (Å²) in [5.74, 6) is 0. The van der Waals surface area contributed by atoms with Crippen molar-refractivity contribution in [1.29, 1.82) is 0 Å². The molecule has 1 heteroatoms. The van der Waals surface area contributed by atoms with Crippen LogP contribution >= 0.6 is 0 Å². The van der Waals surface area contributed by atoms with Crippen LogP contribution in [0.4, 0.5) is 0 Å². The van der Waals surface area contributed by atoms with Gasteiger partial charge in [0.1, 0.15) is 0 Å². The van der Waals surface area contributed by atoms with Crippen molar-refractivity contribution in [2.45, 2.75) is 12.8 Å². The van der Waals surface area contributed by atoms with Crippen molar-refractivity contribution in [3.05, 3.63) is 109 Å². The first kappa shape index (κ1) is 15.8. The first-order chi connectivity index (χ1) is 10.8. The SMILES string of the molecule is C=C/C=C(\C=C)C1=CC=CCC(N(C)C2=CC=CC=CC2)=C1. The van der Waals surface area contributed by atoms with E-state index in [4.69, 9.17) is 0 Å². The Kier molecular flexibility index (Phi) is 5.79. The van der Waals surface area contributed by atoms with E-state index in [-0.39, 0.29) is 0 Å². The van der Waals surface area contributed by atoms with Crippen LogP contribution in [0.15, 0.2) is 109 Å². The van der Waals surface area contributed by atoms with Crippen molar-refractivity contribution in [1.82, 2.24) is 4.90 Å². The zero-order valence-electron chi connectivity index (χ0n) is 13.2. The molecule has 0 bridgehead atoms. The van der Waals surface area contributed by atoms with Crippen molar-refractivity contribution >= 4 is 0 Å². The lowest BCUT2D eigenvalue weighted by atomic mass is 10.0. The van der Waals surface area contributed by atoms with E-state index in [9.17, 15) is 0 Å². The molecule has 22 heavy (non-hydrogen) atoms. The van der Waals surface area contributed by atoms with E-state index < -0.39 is 0 Å². The molecule has 112 valence electrons. The van der Waals surface area contributed by atoms with Crippen LogP contribution < -0.4 is 0 Å². The molecule has 2 aliphatic rings. The number of rotatable bonds is 5. The molecule has 0 amide bonds. The van der Waals surface area contributed by atoms with Gasteiger partial charge in [-0.1, -0.05) is 73.9 Å². The van der Waals surface area contributed by atoms with E-state index in [1.54, 1.807) is 6.08 Å². The minimum atomic E-state index is 0.916. The number of hydrogen-bond donors (Lipinski definition) is 0. The third-order valence-corrected chi connectivity index (χ3v) is 3.75. The van der Waals surface area contributed by atoms with Gasteiger partial charge in [0.2, 0.25) is 0 Å². The molecular formula is C21H23N. The Morgan fingerprint density at radius 1 is 1.00 bits per heavy atom. The highest BCUT2D eigenvalue weighted by Crippen LogP contribution is 2.25. The quantitative estimate of drug-likeness (QED) is 0.614. The lowest BCUT2D eigenvalue weighted by molar-refractivity contribution is 0.498. The summed E-state index contributed by atoms with van der Waals surface area (Å²) < 4.78 is 0. The van der Waals surface area contributed by atoms with Gasteiger partial charge in [0.05, 0.1) is 0 Å². The lowest BCUT2D eigenvalue weighted by Gasteiger charge is -2.24. The molecule has 0 saturated heterocycles. The molecule has 0 atom stereocenters. The fraction of sp³-hybridized carbons (Fsp3) is 0.143. The van der Waals surface area contributed by atoms with Gasteiger partial charge in [-0.3, -0.25) is 0 Å². The normalized spacial score (nSPS) is 17.9. The first-order valence-corrected chi connectivity index (χ1v) is 7.55. The van der Waals surface area contributed by atoms with E-state index in [1.807, 2.05) is 12.2 Å². The van der Waals surface area contributed by atoms with E-state index in [1.165, 1.54) is 11.4 Å². The van der Waals surface area contributed by atoms with Crippen LogP contribution in [0.1, 0.15) is 12.8 Å². The molecule has 0 aromatic carbocycles. The molecule has 0 spiro atoms. The Hall–Kier alpha value is -2.54. The average molecular weight is 289 g/mol.